The highest BCUT2D eigenvalue weighted by atomic mass is 35.5. The number of amides is 1. The fourth-order valence-electron chi connectivity index (χ4n) is 3.16. The number of nitrogens with one attached hydrogen (secondary N) is 1. The van der Waals surface area contributed by atoms with Gasteiger partial charge in [0.1, 0.15) is 5.75 Å². The van der Waals surface area contributed by atoms with Crippen LogP contribution in [0.3, 0.4) is 0 Å². The summed E-state index contributed by atoms with van der Waals surface area (Å²) >= 11 is 5.99. The highest BCUT2D eigenvalue weighted by Gasteiger charge is 2.31. The molecule has 0 radical (unpaired) electrons. The third kappa shape index (κ3) is 3.73. The van der Waals surface area contributed by atoms with Crippen LogP contribution in [0.1, 0.15) is 36.0 Å². The van der Waals surface area contributed by atoms with Gasteiger partial charge in [-0.15, -0.1) is 0 Å². The molecule has 1 saturated heterocycles. The molecule has 5 heteroatoms. The summed E-state index contributed by atoms with van der Waals surface area (Å²) in [5.41, 5.74) is 0.502. The molecule has 0 aromatic heterocycles. The second kappa shape index (κ2) is 6.88. The van der Waals surface area contributed by atoms with Gasteiger partial charge in [-0.05, 0) is 56.3 Å². The number of benzene rings is 1. The second-order valence-corrected chi connectivity index (χ2v) is 6.73. The summed E-state index contributed by atoms with van der Waals surface area (Å²) in [6.07, 6.45) is 5.14. The van der Waals surface area contributed by atoms with Crippen LogP contribution in [0.2, 0.25) is 5.02 Å². The fourth-order valence-corrected chi connectivity index (χ4v) is 3.33. The lowest BCUT2D eigenvalue weighted by Gasteiger charge is -2.24. The van der Waals surface area contributed by atoms with Crippen molar-refractivity contribution < 1.29 is 9.53 Å². The third-order valence-electron chi connectivity index (χ3n) is 4.59. The molecule has 1 aromatic carbocycles. The molecule has 1 amide bonds. The molecule has 2 aliphatic rings. The molecule has 2 fully saturated rings. The second-order valence-electron chi connectivity index (χ2n) is 6.29. The Bertz CT molecular complexity index is 545. The minimum Gasteiger partial charge on any atom is -0.496 e. The average molecular weight is 323 g/mol. The molecular weight excluding hydrogens is 300 g/mol. The standard InChI is InChI=1S/C17H23ClN2O2/c1-22-16-7-6-13(18)9-15(16)17(21)19-10-14-3-2-8-20(14)11-12-4-5-12/h6-7,9,12,14H,2-5,8,10-11H2,1H3,(H,19,21). The number of hydrogen-bond donors (Lipinski definition) is 1. The van der Waals surface area contributed by atoms with E-state index in [-0.39, 0.29) is 5.91 Å². The number of carbonyl (C=O) groups is 1. The fraction of sp³-hybridized carbons (Fsp3) is 0.588. The monoisotopic (exact) mass is 322 g/mol. The molecule has 1 aliphatic heterocycles. The SMILES string of the molecule is COc1ccc(Cl)cc1C(=O)NCC1CCCN1CC1CC1. The van der Waals surface area contributed by atoms with Gasteiger partial charge in [0.2, 0.25) is 0 Å². The first-order chi connectivity index (χ1) is 10.7. The van der Waals surface area contributed by atoms with E-state index in [0.29, 0.717) is 28.9 Å². The van der Waals surface area contributed by atoms with Crippen LogP contribution in [0, 0.1) is 5.92 Å². The zero-order valence-electron chi connectivity index (χ0n) is 13.0. The number of halogens is 1. The maximum absolute atomic E-state index is 12.4. The Kier molecular flexibility index (Phi) is 4.89. The molecule has 1 N–H and O–H groups in total. The molecule has 0 bridgehead atoms. The first-order valence-electron chi connectivity index (χ1n) is 8.03. The van der Waals surface area contributed by atoms with Crippen LogP contribution in [0.15, 0.2) is 18.2 Å². The molecule has 1 saturated carbocycles. The first kappa shape index (κ1) is 15.6. The largest absolute Gasteiger partial charge is 0.496 e. The number of rotatable bonds is 6. The number of carbonyl (C=O) groups excluding carboxylic acids is 1. The van der Waals surface area contributed by atoms with Gasteiger partial charge in [0.05, 0.1) is 12.7 Å². The summed E-state index contributed by atoms with van der Waals surface area (Å²) < 4.78 is 5.25. The lowest BCUT2D eigenvalue weighted by atomic mass is 10.1. The Labute approximate surface area is 136 Å². The Morgan fingerprint density at radius 1 is 1.41 bits per heavy atom. The van der Waals surface area contributed by atoms with Crippen molar-refractivity contribution in [3.63, 3.8) is 0 Å². The number of hydrogen-bond acceptors (Lipinski definition) is 3. The summed E-state index contributed by atoms with van der Waals surface area (Å²) in [6, 6.07) is 5.58. The van der Waals surface area contributed by atoms with E-state index in [1.165, 1.54) is 32.2 Å². The summed E-state index contributed by atoms with van der Waals surface area (Å²) in [5.74, 6) is 1.34. The first-order valence-corrected chi connectivity index (χ1v) is 8.41. The summed E-state index contributed by atoms with van der Waals surface area (Å²) in [5, 5.41) is 3.59. The minimum absolute atomic E-state index is 0.113. The summed E-state index contributed by atoms with van der Waals surface area (Å²) in [6.45, 7) is 3.06. The van der Waals surface area contributed by atoms with Crippen molar-refractivity contribution in [2.45, 2.75) is 31.7 Å². The van der Waals surface area contributed by atoms with E-state index in [1.54, 1.807) is 25.3 Å². The number of nitrogens with zero attached hydrogens (tertiary/aromatic N) is 1. The Morgan fingerprint density at radius 3 is 2.95 bits per heavy atom. The zero-order chi connectivity index (χ0) is 15.5. The quantitative estimate of drug-likeness (QED) is 0.875. The van der Waals surface area contributed by atoms with E-state index in [2.05, 4.69) is 10.2 Å². The number of ether oxygens (including phenoxy) is 1. The molecule has 1 aliphatic carbocycles. The van der Waals surface area contributed by atoms with Crippen LogP contribution < -0.4 is 10.1 Å². The van der Waals surface area contributed by atoms with Crippen LogP contribution in [-0.4, -0.2) is 43.6 Å². The molecule has 1 heterocycles. The van der Waals surface area contributed by atoms with Gasteiger partial charge < -0.3 is 10.1 Å². The third-order valence-corrected chi connectivity index (χ3v) is 4.83. The van der Waals surface area contributed by atoms with E-state index in [1.807, 2.05) is 0 Å². The van der Waals surface area contributed by atoms with Gasteiger partial charge in [0.25, 0.3) is 5.91 Å². The van der Waals surface area contributed by atoms with Gasteiger partial charge in [-0.2, -0.15) is 0 Å². The Hall–Kier alpha value is -1.26. The predicted molar refractivity (Wildman–Crippen MR) is 87.7 cm³/mol. The molecule has 3 rings (SSSR count). The molecule has 22 heavy (non-hydrogen) atoms. The normalized spacial score (nSPS) is 21.8. The summed E-state index contributed by atoms with van der Waals surface area (Å²) in [7, 11) is 1.56. The van der Waals surface area contributed by atoms with Crippen molar-refractivity contribution in [2.75, 3.05) is 26.7 Å². The smallest absolute Gasteiger partial charge is 0.255 e. The van der Waals surface area contributed by atoms with E-state index < -0.39 is 0 Å². The van der Waals surface area contributed by atoms with E-state index in [4.69, 9.17) is 16.3 Å². The van der Waals surface area contributed by atoms with Crippen molar-refractivity contribution in [1.29, 1.82) is 0 Å². The van der Waals surface area contributed by atoms with Crippen molar-refractivity contribution in [1.82, 2.24) is 10.2 Å². The number of likely N-dealkylation sites (tertiary alicyclic amines) is 1. The van der Waals surface area contributed by atoms with Crippen molar-refractivity contribution in [3.05, 3.63) is 28.8 Å². The van der Waals surface area contributed by atoms with E-state index >= 15 is 0 Å². The van der Waals surface area contributed by atoms with Gasteiger partial charge in [-0.1, -0.05) is 11.6 Å². The van der Waals surface area contributed by atoms with Gasteiger partial charge in [-0.25, -0.2) is 0 Å². The van der Waals surface area contributed by atoms with E-state index in [0.717, 1.165) is 12.5 Å². The van der Waals surface area contributed by atoms with Crippen molar-refractivity contribution >= 4 is 17.5 Å². The molecule has 1 aromatic rings. The zero-order valence-corrected chi connectivity index (χ0v) is 13.7. The molecular formula is C17H23ClN2O2. The maximum Gasteiger partial charge on any atom is 0.255 e. The lowest BCUT2D eigenvalue weighted by molar-refractivity contribution is 0.0937. The Balaban J connectivity index is 1.58. The van der Waals surface area contributed by atoms with Gasteiger partial charge >= 0.3 is 0 Å². The number of methoxy groups -OCH3 is 1. The Morgan fingerprint density at radius 2 is 2.23 bits per heavy atom. The van der Waals surface area contributed by atoms with Gasteiger partial charge in [-0.3, -0.25) is 9.69 Å². The predicted octanol–water partition coefficient (Wildman–Crippen LogP) is 2.95. The van der Waals surface area contributed by atoms with Crippen LogP contribution in [0.25, 0.3) is 0 Å². The van der Waals surface area contributed by atoms with Crippen LogP contribution >= 0.6 is 11.6 Å². The van der Waals surface area contributed by atoms with Crippen molar-refractivity contribution in [2.24, 2.45) is 5.92 Å². The molecule has 4 nitrogen and oxygen atoms in total. The minimum atomic E-state index is -0.113. The average Bonchev–Trinajstić information content (AvgIpc) is 3.22. The lowest BCUT2D eigenvalue weighted by Crippen LogP contribution is -2.41. The molecule has 1 unspecified atom stereocenters. The van der Waals surface area contributed by atoms with Crippen LogP contribution in [0.5, 0.6) is 5.75 Å². The van der Waals surface area contributed by atoms with Gasteiger partial charge in [0, 0.05) is 24.2 Å². The maximum atomic E-state index is 12.4. The van der Waals surface area contributed by atoms with Crippen LogP contribution in [0.4, 0.5) is 0 Å². The summed E-state index contributed by atoms with van der Waals surface area (Å²) in [4.78, 5) is 14.9. The molecule has 120 valence electrons. The van der Waals surface area contributed by atoms with Gasteiger partial charge in [0.15, 0.2) is 0 Å². The highest BCUT2D eigenvalue weighted by molar-refractivity contribution is 6.31. The highest BCUT2D eigenvalue weighted by Crippen LogP contribution is 2.32. The van der Waals surface area contributed by atoms with Crippen molar-refractivity contribution in [3.8, 4) is 5.75 Å². The topological polar surface area (TPSA) is 41.6 Å². The van der Waals surface area contributed by atoms with Crippen LogP contribution in [-0.2, 0) is 0 Å². The van der Waals surface area contributed by atoms with E-state index in [9.17, 15) is 4.79 Å². The molecule has 0 spiro atoms. The molecule has 1 atom stereocenters.